The Morgan fingerprint density at radius 1 is 1.13 bits per heavy atom. The molecule has 30 heavy (non-hydrogen) atoms. The highest BCUT2D eigenvalue weighted by Crippen LogP contribution is 2.41. The Morgan fingerprint density at radius 2 is 1.90 bits per heavy atom. The first-order chi connectivity index (χ1) is 14.5. The van der Waals surface area contributed by atoms with Crippen LogP contribution in [0.25, 0.3) is 5.69 Å². The first-order valence-electron chi connectivity index (χ1n) is 10.4. The number of benzene rings is 1. The highest BCUT2D eigenvalue weighted by Gasteiger charge is 2.41. The van der Waals surface area contributed by atoms with Gasteiger partial charge in [-0.3, -0.25) is 4.98 Å². The standard InChI is InChI=1S/C24H27ClN4S/c1-4-5-14-28-23(22(27-24(28)30)21-8-6-7-13-26-21)20-15-16(2)29(17(20)3)19-11-9-18(25)10-12-19/h6-13,15,22-23H,4-5,14H2,1-3H3,(H,27,30). The summed E-state index contributed by atoms with van der Waals surface area (Å²) in [6, 6.07) is 16.5. The molecule has 2 atom stereocenters. The van der Waals surface area contributed by atoms with Gasteiger partial charge in [0.2, 0.25) is 0 Å². The van der Waals surface area contributed by atoms with Gasteiger partial charge in [-0.05, 0) is 80.5 Å². The quantitative estimate of drug-likeness (QED) is 0.484. The van der Waals surface area contributed by atoms with Crippen LogP contribution in [-0.2, 0) is 0 Å². The molecule has 1 aliphatic rings. The van der Waals surface area contributed by atoms with Crippen molar-refractivity contribution in [3.05, 3.63) is 82.4 Å². The number of nitrogens with zero attached hydrogens (tertiary/aromatic N) is 3. The van der Waals surface area contributed by atoms with E-state index < -0.39 is 0 Å². The van der Waals surface area contributed by atoms with Crippen LogP contribution < -0.4 is 5.32 Å². The molecule has 4 nitrogen and oxygen atoms in total. The Kier molecular flexibility index (Phi) is 6.11. The molecular weight excluding hydrogens is 412 g/mol. The van der Waals surface area contributed by atoms with Crippen molar-refractivity contribution in [1.82, 2.24) is 19.8 Å². The Hall–Kier alpha value is -2.37. The van der Waals surface area contributed by atoms with Crippen LogP contribution in [0.3, 0.4) is 0 Å². The van der Waals surface area contributed by atoms with Gasteiger partial charge in [0.1, 0.15) is 0 Å². The van der Waals surface area contributed by atoms with Crippen molar-refractivity contribution >= 4 is 28.9 Å². The zero-order valence-electron chi connectivity index (χ0n) is 17.6. The van der Waals surface area contributed by atoms with E-state index in [2.05, 4.69) is 64.8 Å². The summed E-state index contributed by atoms with van der Waals surface area (Å²) in [7, 11) is 0. The predicted octanol–water partition coefficient (Wildman–Crippen LogP) is 5.92. The highest BCUT2D eigenvalue weighted by atomic mass is 35.5. The molecular formula is C24H27ClN4S. The Labute approximate surface area is 188 Å². The van der Waals surface area contributed by atoms with Crippen molar-refractivity contribution < 1.29 is 0 Å². The van der Waals surface area contributed by atoms with Gasteiger partial charge in [-0.25, -0.2) is 0 Å². The van der Waals surface area contributed by atoms with Crippen molar-refractivity contribution in [3.8, 4) is 5.69 Å². The van der Waals surface area contributed by atoms with Gasteiger partial charge in [0.05, 0.1) is 17.8 Å². The van der Waals surface area contributed by atoms with Gasteiger partial charge in [-0.2, -0.15) is 0 Å². The molecule has 0 amide bonds. The molecule has 1 saturated heterocycles. The van der Waals surface area contributed by atoms with E-state index in [1.165, 1.54) is 17.0 Å². The van der Waals surface area contributed by atoms with E-state index in [-0.39, 0.29) is 12.1 Å². The predicted molar refractivity (Wildman–Crippen MR) is 127 cm³/mol. The van der Waals surface area contributed by atoms with Crippen LogP contribution in [0.5, 0.6) is 0 Å². The third-order valence-electron chi connectivity index (χ3n) is 5.82. The van der Waals surface area contributed by atoms with Gasteiger partial charge < -0.3 is 14.8 Å². The van der Waals surface area contributed by atoms with Crippen LogP contribution in [0.4, 0.5) is 0 Å². The number of aromatic nitrogens is 2. The molecule has 4 rings (SSSR count). The average Bonchev–Trinajstić information content (AvgIpc) is 3.23. The maximum atomic E-state index is 6.11. The van der Waals surface area contributed by atoms with Crippen LogP contribution in [0.1, 0.15) is 54.5 Å². The van der Waals surface area contributed by atoms with Crippen LogP contribution in [0.15, 0.2) is 54.7 Å². The second-order valence-corrected chi connectivity index (χ2v) is 8.63. The third-order valence-corrected chi connectivity index (χ3v) is 6.43. The number of hydrogen-bond donors (Lipinski definition) is 1. The van der Waals surface area contributed by atoms with Gasteiger partial charge in [0.25, 0.3) is 0 Å². The first kappa shape index (κ1) is 20.9. The van der Waals surface area contributed by atoms with E-state index in [1.54, 1.807) is 0 Å². The molecule has 3 heterocycles. The minimum Gasteiger partial charge on any atom is -0.352 e. The summed E-state index contributed by atoms with van der Waals surface area (Å²) in [5.41, 5.74) is 5.82. The van der Waals surface area contributed by atoms with Crippen LogP contribution in [0, 0.1) is 13.8 Å². The zero-order valence-corrected chi connectivity index (χ0v) is 19.2. The summed E-state index contributed by atoms with van der Waals surface area (Å²) in [4.78, 5) is 6.98. The summed E-state index contributed by atoms with van der Waals surface area (Å²) >= 11 is 11.9. The van der Waals surface area contributed by atoms with Crippen LogP contribution >= 0.6 is 23.8 Å². The molecule has 1 aromatic carbocycles. The molecule has 0 saturated carbocycles. The summed E-state index contributed by atoms with van der Waals surface area (Å²) in [6.07, 6.45) is 4.08. The maximum absolute atomic E-state index is 6.11. The number of halogens is 1. The number of rotatable bonds is 6. The summed E-state index contributed by atoms with van der Waals surface area (Å²) in [6.45, 7) is 7.48. The van der Waals surface area contributed by atoms with E-state index in [1.807, 2.05) is 30.5 Å². The van der Waals surface area contributed by atoms with Crippen molar-refractivity contribution in [2.75, 3.05) is 6.54 Å². The SMILES string of the molecule is CCCCN1C(=S)NC(c2ccccn2)C1c1cc(C)n(-c2ccc(Cl)cc2)c1C. The lowest BCUT2D eigenvalue weighted by Crippen LogP contribution is -2.30. The summed E-state index contributed by atoms with van der Waals surface area (Å²) in [5.74, 6) is 0. The number of hydrogen-bond acceptors (Lipinski definition) is 2. The van der Waals surface area contributed by atoms with Crippen molar-refractivity contribution in [3.63, 3.8) is 0 Å². The smallest absolute Gasteiger partial charge is 0.170 e. The van der Waals surface area contributed by atoms with E-state index in [9.17, 15) is 0 Å². The van der Waals surface area contributed by atoms with Gasteiger partial charge in [-0.1, -0.05) is 31.0 Å². The van der Waals surface area contributed by atoms with E-state index in [4.69, 9.17) is 23.8 Å². The molecule has 0 radical (unpaired) electrons. The summed E-state index contributed by atoms with van der Waals surface area (Å²) in [5, 5.41) is 5.10. The van der Waals surface area contributed by atoms with Gasteiger partial charge >= 0.3 is 0 Å². The second kappa shape index (κ2) is 8.78. The Bertz CT molecular complexity index is 1030. The number of aryl methyl sites for hydroxylation is 1. The van der Waals surface area contributed by atoms with Crippen LogP contribution in [-0.4, -0.2) is 26.1 Å². The fraction of sp³-hybridized carbons (Fsp3) is 0.333. The molecule has 0 aliphatic carbocycles. The second-order valence-electron chi connectivity index (χ2n) is 7.81. The average molecular weight is 439 g/mol. The molecule has 3 aromatic rings. The number of thiocarbonyl (C=S) groups is 1. The molecule has 6 heteroatoms. The Morgan fingerprint density at radius 3 is 2.57 bits per heavy atom. The normalized spacial score (nSPS) is 18.7. The Balaban J connectivity index is 1.81. The lowest BCUT2D eigenvalue weighted by atomic mass is 9.96. The first-order valence-corrected chi connectivity index (χ1v) is 11.2. The molecule has 1 N–H and O–H groups in total. The number of nitrogens with one attached hydrogen (secondary N) is 1. The largest absolute Gasteiger partial charge is 0.352 e. The van der Waals surface area contributed by atoms with Gasteiger partial charge in [0, 0.05) is 34.8 Å². The molecule has 1 fully saturated rings. The molecule has 2 unspecified atom stereocenters. The minimum atomic E-state index is 0.0229. The van der Waals surface area contributed by atoms with Crippen molar-refractivity contribution in [2.24, 2.45) is 0 Å². The monoisotopic (exact) mass is 438 g/mol. The molecule has 0 spiro atoms. The summed E-state index contributed by atoms with van der Waals surface area (Å²) < 4.78 is 2.29. The van der Waals surface area contributed by atoms with E-state index >= 15 is 0 Å². The maximum Gasteiger partial charge on any atom is 0.170 e. The molecule has 2 aromatic heterocycles. The lowest BCUT2D eigenvalue weighted by Gasteiger charge is -2.28. The molecule has 1 aliphatic heterocycles. The zero-order chi connectivity index (χ0) is 21.3. The van der Waals surface area contributed by atoms with Gasteiger partial charge in [-0.15, -0.1) is 0 Å². The molecule has 0 bridgehead atoms. The topological polar surface area (TPSA) is 33.1 Å². The van der Waals surface area contributed by atoms with Crippen molar-refractivity contribution in [1.29, 1.82) is 0 Å². The third kappa shape index (κ3) is 3.84. The van der Waals surface area contributed by atoms with Crippen molar-refractivity contribution in [2.45, 2.75) is 45.7 Å². The molecule has 156 valence electrons. The number of pyridine rings is 1. The lowest BCUT2D eigenvalue weighted by molar-refractivity contribution is 0.312. The fourth-order valence-corrected chi connectivity index (χ4v) is 4.85. The van der Waals surface area contributed by atoms with E-state index in [0.717, 1.165) is 40.9 Å². The number of unbranched alkanes of at least 4 members (excludes halogenated alkanes) is 1. The highest BCUT2D eigenvalue weighted by molar-refractivity contribution is 7.80. The fourth-order valence-electron chi connectivity index (χ4n) is 4.39. The van der Waals surface area contributed by atoms with Gasteiger partial charge in [0.15, 0.2) is 5.11 Å². The minimum absolute atomic E-state index is 0.0229. The van der Waals surface area contributed by atoms with Crippen LogP contribution in [0.2, 0.25) is 5.02 Å². The van der Waals surface area contributed by atoms with E-state index in [0.29, 0.717) is 0 Å².